The number of carbonyl (C=O) groups excluding carboxylic acids is 1. The molecule has 1 aliphatic rings. The zero-order valence-corrected chi connectivity index (χ0v) is 12.9. The fraction of sp³-hybridized carbons (Fsp3) is 0.533. The highest BCUT2D eigenvalue weighted by molar-refractivity contribution is 5.85. The molecule has 0 heterocycles. The van der Waals surface area contributed by atoms with E-state index in [1.807, 2.05) is 0 Å². The second kappa shape index (κ2) is 6.85. The molecule has 1 atom stereocenters. The largest absolute Gasteiger partial charge is 0.354 e. The summed E-state index contributed by atoms with van der Waals surface area (Å²) in [6, 6.07) is 4.75. The molecule has 0 aliphatic heterocycles. The van der Waals surface area contributed by atoms with Gasteiger partial charge >= 0.3 is 0 Å². The number of fused-ring (bicyclic) bond motifs is 1. The van der Waals surface area contributed by atoms with Crippen LogP contribution < -0.4 is 0 Å². The van der Waals surface area contributed by atoms with E-state index in [0.717, 1.165) is 17.5 Å². The van der Waals surface area contributed by atoms with Crippen molar-refractivity contribution < 1.29 is 19.2 Å². The SMILES string of the molecule is COC(CN(C)C(=O)C1CCc2ccc([N+](=O)[O-])cc21)OC. The second-order valence-electron chi connectivity index (χ2n) is 5.35. The van der Waals surface area contributed by atoms with Crippen molar-refractivity contribution in [2.24, 2.45) is 0 Å². The van der Waals surface area contributed by atoms with Crippen LogP contribution in [0.2, 0.25) is 0 Å². The van der Waals surface area contributed by atoms with E-state index >= 15 is 0 Å². The van der Waals surface area contributed by atoms with E-state index in [-0.39, 0.29) is 17.5 Å². The predicted molar refractivity (Wildman–Crippen MR) is 79.6 cm³/mol. The van der Waals surface area contributed by atoms with Crippen LogP contribution in [-0.4, -0.2) is 49.8 Å². The zero-order valence-electron chi connectivity index (χ0n) is 12.9. The number of aryl methyl sites for hydroxylation is 1. The molecule has 0 N–H and O–H groups in total. The highest BCUT2D eigenvalue weighted by atomic mass is 16.7. The van der Waals surface area contributed by atoms with Gasteiger partial charge in [0.05, 0.1) is 17.4 Å². The van der Waals surface area contributed by atoms with E-state index in [2.05, 4.69) is 0 Å². The van der Waals surface area contributed by atoms with Gasteiger partial charge in [-0.2, -0.15) is 0 Å². The van der Waals surface area contributed by atoms with Gasteiger partial charge in [-0.25, -0.2) is 0 Å². The van der Waals surface area contributed by atoms with Gasteiger partial charge in [-0.15, -0.1) is 0 Å². The highest BCUT2D eigenvalue weighted by Gasteiger charge is 2.32. The van der Waals surface area contributed by atoms with Gasteiger partial charge in [0.2, 0.25) is 5.91 Å². The first-order valence-electron chi connectivity index (χ1n) is 7.05. The highest BCUT2D eigenvalue weighted by Crippen LogP contribution is 2.36. The van der Waals surface area contributed by atoms with Crippen molar-refractivity contribution in [3.63, 3.8) is 0 Å². The van der Waals surface area contributed by atoms with Gasteiger partial charge in [0.25, 0.3) is 5.69 Å². The van der Waals surface area contributed by atoms with Crippen molar-refractivity contribution in [3.8, 4) is 0 Å². The normalized spacial score (nSPS) is 16.6. The van der Waals surface area contributed by atoms with Gasteiger partial charge in [0.15, 0.2) is 6.29 Å². The van der Waals surface area contributed by atoms with Crippen molar-refractivity contribution in [1.29, 1.82) is 0 Å². The monoisotopic (exact) mass is 308 g/mol. The minimum absolute atomic E-state index is 0.0211. The standard InChI is InChI=1S/C15H20N2O5/c1-16(9-14(21-2)22-3)15(18)12-7-5-10-4-6-11(17(19)20)8-13(10)12/h4,6,8,12,14H,5,7,9H2,1-3H3. The summed E-state index contributed by atoms with van der Waals surface area (Å²) in [4.78, 5) is 24.6. The number of nitrogens with zero attached hydrogens (tertiary/aromatic N) is 2. The summed E-state index contributed by atoms with van der Waals surface area (Å²) in [7, 11) is 4.71. The molecule has 2 rings (SSSR count). The summed E-state index contributed by atoms with van der Waals surface area (Å²) in [6.07, 6.45) is 0.944. The first-order valence-corrected chi connectivity index (χ1v) is 7.05. The Hall–Kier alpha value is -1.99. The number of methoxy groups -OCH3 is 2. The Balaban J connectivity index is 2.17. The molecule has 0 saturated carbocycles. The van der Waals surface area contributed by atoms with Crippen molar-refractivity contribution in [2.45, 2.75) is 25.0 Å². The lowest BCUT2D eigenvalue weighted by atomic mass is 9.99. The Morgan fingerprint density at radius 1 is 1.45 bits per heavy atom. The molecule has 7 heteroatoms. The molecule has 7 nitrogen and oxygen atoms in total. The number of nitro benzene ring substituents is 1. The van der Waals surface area contributed by atoms with Gasteiger partial charge in [-0.3, -0.25) is 14.9 Å². The van der Waals surface area contributed by atoms with Crippen LogP contribution in [0.5, 0.6) is 0 Å². The molecule has 120 valence electrons. The molecular formula is C15H20N2O5. The molecule has 0 bridgehead atoms. The molecule has 22 heavy (non-hydrogen) atoms. The summed E-state index contributed by atoms with van der Waals surface area (Å²) < 4.78 is 10.2. The predicted octanol–water partition coefficient (Wildman–Crippen LogP) is 1.70. The number of benzene rings is 1. The average molecular weight is 308 g/mol. The Kier molecular flexibility index (Phi) is 5.10. The average Bonchev–Trinajstić information content (AvgIpc) is 2.94. The van der Waals surface area contributed by atoms with Gasteiger partial charge in [-0.05, 0) is 24.0 Å². The van der Waals surface area contributed by atoms with Gasteiger partial charge in [0.1, 0.15) is 0 Å². The molecule has 0 aromatic heterocycles. The zero-order chi connectivity index (χ0) is 16.3. The summed E-state index contributed by atoms with van der Waals surface area (Å²) >= 11 is 0. The van der Waals surface area contributed by atoms with Crippen LogP contribution in [0.3, 0.4) is 0 Å². The Morgan fingerprint density at radius 2 is 2.14 bits per heavy atom. The second-order valence-corrected chi connectivity index (χ2v) is 5.35. The molecule has 1 aromatic rings. The lowest BCUT2D eigenvalue weighted by molar-refractivity contribution is -0.384. The van der Waals surface area contributed by atoms with Crippen LogP contribution in [-0.2, 0) is 20.7 Å². The van der Waals surface area contributed by atoms with Crippen LogP contribution >= 0.6 is 0 Å². The molecule has 0 fully saturated rings. The number of carbonyl (C=O) groups is 1. The van der Waals surface area contributed by atoms with E-state index in [4.69, 9.17) is 9.47 Å². The number of ether oxygens (including phenoxy) is 2. The quantitative estimate of drug-likeness (QED) is 0.454. The number of likely N-dealkylation sites (N-methyl/N-ethyl adjacent to an activating group) is 1. The molecule has 0 radical (unpaired) electrons. The Morgan fingerprint density at radius 3 is 2.73 bits per heavy atom. The summed E-state index contributed by atoms with van der Waals surface area (Å²) in [6.45, 7) is 0.312. The van der Waals surface area contributed by atoms with E-state index in [9.17, 15) is 14.9 Å². The maximum atomic E-state index is 12.6. The van der Waals surface area contributed by atoms with E-state index in [0.29, 0.717) is 13.0 Å². The lowest BCUT2D eigenvalue weighted by Gasteiger charge is -2.25. The summed E-state index contributed by atoms with van der Waals surface area (Å²) in [5.74, 6) is -0.410. The Bertz CT molecular complexity index is 571. The van der Waals surface area contributed by atoms with Crippen LogP contribution in [0.4, 0.5) is 5.69 Å². The van der Waals surface area contributed by atoms with E-state index < -0.39 is 11.2 Å². The minimum atomic E-state index is -0.486. The molecular weight excluding hydrogens is 288 g/mol. The van der Waals surface area contributed by atoms with E-state index in [1.165, 1.54) is 26.4 Å². The Labute approximate surface area is 129 Å². The van der Waals surface area contributed by atoms with Gasteiger partial charge in [0, 0.05) is 33.4 Å². The third-order valence-corrected chi connectivity index (χ3v) is 4.04. The molecule has 1 unspecified atom stereocenters. The number of rotatable bonds is 6. The summed E-state index contributed by atoms with van der Waals surface area (Å²) in [5.41, 5.74) is 1.79. The number of non-ortho nitro benzene ring substituents is 1. The molecule has 0 saturated heterocycles. The number of hydrogen-bond donors (Lipinski definition) is 0. The van der Waals surface area contributed by atoms with Crippen molar-refractivity contribution in [1.82, 2.24) is 4.90 Å². The molecule has 1 amide bonds. The van der Waals surface area contributed by atoms with E-state index in [1.54, 1.807) is 18.0 Å². The molecule has 1 aliphatic carbocycles. The number of amides is 1. The summed E-state index contributed by atoms with van der Waals surface area (Å²) in [5, 5.41) is 10.9. The smallest absolute Gasteiger partial charge is 0.269 e. The van der Waals surface area contributed by atoms with Crippen molar-refractivity contribution >= 4 is 11.6 Å². The molecule has 1 aromatic carbocycles. The van der Waals surface area contributed by atoms with Gasteiger partial charge in [-0.1, -0.05) is 6.07 Å². The third-order valence-electron chi connectivity index (χ3n) is 4.04. The minimum Gasteiger partial charge on any atom is -0.354 e. The van der Waals surface area contributed by atoms with Crippen molar-refractivity contribution in [2.75, 3.05) is 27.8 Å². The van der Waals surface area contributed by atoms with Crippen molar-refractivity contribution in [3.05, 3.63) is 39.4 Å². The third kappa shape index (κ3) is 3.26. The lowest BCUT2D eigenvalue weighted by Crippen LogP contribution is -2.38. The van der Waals surface area contributed by atoms with Gasteiger partial charge < -0.3 is 14.4 Å². The maximum Gasteiger partial charge on any atom is 0.269 e. The van der Waals surface area contributed by atoms with Crippen LogP contribution in [0.25, 0.3) is 0 Å². The van der Waals surface area contributed by atoms with Crippen LogP contribution in [0.15, 0.2) is 18.2 Å². The number of hydrogen-bond acceptors (Lipinski definition) is 5. The van der Waals surface area contributed by atoms with Crippen LogP contribution in [0, 0.1) is 10.1 Å². The fourth-order valence-corrected chi connectivity index (χ4v) is 2.78. The number of nitro groups is 1. The van der Waals surface area contributed by atoms with Crippen LogP contribution in [0.1, 0.15) is 23.5 Å². The fourth-order valence-electron chi connectivity index (χ4n) is 2.78. The first-order chi connectivity index (χ1) is 10.5. The topological polar surface area (TPSA) is 81.9 Å². The first kappa shape index (κ1) is 16.4. The molecule has 0 spiro atoms. The maximum absolute atomic E-state index is 12.6.